The molecule has 15 heavy (non-hydrogen) atoms. The average Bonchev–Trinajstić information content (AvgIpc) is 2.40. The fourth-order valence-electron chi connectivity index (χ4n) is 1.93. The van der Waals surface area contributed by atoms with Gasteiger partial charge in [-0.3, -0.25) is 0 Å². The van der Waals surface area contributed by atoms with E-state index in [9.17, 15) is 0 Å². The van der Waals surface area contributed by atoms with Crippen LogP contribution in [-0.4, -0.2) is 19.2 Å². The summed E-state index contributed by atoms with van der Waals surface area (Å²) in [6.45, 7) is 6.31. The van der Waals surface area contributed by atoms with Crippen molar-refractivity contribution in [2.45, 2.75) is 26.3 Å². The van der Waals surface area contributed by atoms with Crippen LogP contribution in [0.15, 0.2) is 22.7 Å². The van der Waals surface area contributed by atoms with E-state index in [1.807, 2.05) is 6.07 Å². The third kappa shape index (κ3) is 2.12. The van der Waals surface area contributed by atoms with E-state index in [2.05, 4.69) is 46.8 Å². The number of nitrogens with zero attached hydrogens (tertiary/aromatic N) is 1. The molecule has 0 aliphatic carbocycles. The van der Waals surface area contributed by atoms with Gasteiger partial charge in [0.25, 0.3) is 0 Å². The van der Waals surface area contributed by atoms with E-state index in [0.29, 0.717) is 6.04 Å². The first kappa shape index (κ1) is 10.8. The monoisotopic (exact) mass is 269 g/mol. The first-order valence-electron chi connectivity index (χ1n) is 5.38. The summed E-state index contributed by atoms with van der Waals surface area (Å²) in [6, 6.07) is 6.74. The SMILES string of the molecule is CC(C)N1CCCOc2c(Br)cccc21. The number of fused-ring (bicyclic) bond motifs is 1. The zero-order valence-electron chi connectivity index (χ0n) is 9.16. The summed E-state index contributed by atoms with van der Waals surface area (Å²) in [7, 11) is 0. The first-order chi connectivity index (χ1) is 7.20. The van der Waals surface area contributed by atoms with Crippen LogP contribution in [0, 0.1) is 0 Å². The van der Waals surface area contributed by atoms with Gasteiger partial charge in [-0.2, -0.15) is 0 Å². The lowest BCUT2D eigenvalue weighted by Crippen LogP contribution is -2.31. The van der Waals surface area contributed by atoms with E-state index in [-0.39, 0.29) is 0 Å². The van der Waals surface area contributed by atoms with Crippen LogP contribution >= 0.6 is 15.9 Å². The topological polar surface area (TPSA) is 12.5 Å². The van der Waals surface area contributed by atoms with Crippen LogP contribution < -0.4 is 9.64 Å². The van der Waals surface area contributed by atoms with Crippen molar-refractivity contribution in [1.29, 1.82) is 0 Å². The summed E-state index contributed by atoms with van der Waals surface area (Å²) in [5.74, 6) is 0.990. The summed E-state index contributed by atoms with van der Waals surface area (Å²) in [4.78, 5) is 2.40. The van der Waals surface area contributed by atoms with Gasteiger partial charge in [0, 0.05) is 12.6 Å². The second kappa shape index (κ2) is 4.44. The third-order valence-corrected chi connectivity index (χ3v) is 3.29. The summed E-state index contributed by atoms with van der Waals surface area (Å²) in [5.41, 5.74) is 1.21. The molecule has 1 aromatic carbocycles. The highest BCUT2D eigenvalue weighted by molar-refractivity contribution is 9.10. The molecule has 1 aliphatic rings. The number of benzene rings is 1. The molecular formula is C12H16BrNO. The van der Waals surface area contributed by atoms with Crippen LogP contribution in [0.3, 0.4) is 0 Å². The molecule has 0 aromatic heterocycles. The average molecular weight is 270 g/mol. The molecular weight excluding hydrogens is 254 g/mol. The van der Waals surface area contributed by atoms with Crippen LogP contribution in [0.25, 0.3) is 0 Å². The minimum atomic E-state index is 0.514. The molecule has 0 spiro atoms. The van der Waals surface area contributed by atoms with E-state index in [1.54, 1.807) is 0 Å². The van der Waals surface area contributed by atoms with Crippen molar-refractivity contribution in [3.8, 4) is 5.75 Å². The predicted molar refractivity (Wildman–Crippen MR) is 66.7 cm³/mol. The van der Waals surface area contributed by atoms with Crippen molar-refractivity contribution in [2.24, 2.45) is 0 Å². The van der Waals surface area contributed by atoms with Crippen molar-refractivity contribution in [3.05, 3.63) is 22.7 Å². The Morgan fingerprint density at radius 2 is 2.20 bits per heavy atom. The number of ether oxygens (including phenoxy) is 1. The van der Waals surface area contributed by atoms with Gasteiger partial charge in [0.15, 0.2) is 5.75 Å². The van der Waals surface area contributed by atoms with Gasteiger partial charge in [-0.1, -0.05) is 6.07 Å². The molecule has 2 rings (SSSR count). The lowest BCUT2D eigenvalue weighted by atomic mass is 10.2. The van der Waals surface area contributed by atoms with Crippen molar-refractivity contribution in [3.63, 3.8) is 0 Å². The number of para-hydroxylation sites is 1. The van der Waals surface area contributed by atoms with Crippen LogP contribution in [0.5, 0.6) is 5.75 Å². The van der Waals surface area contributed by atoms with Crippen molar-refractivity contribution >= 4 is 21.6 Å². The molecule has 3 heteroatoms. The van der Waals surface area contributed by atoms with E-state index < -0.39 is 0 Å². The lowest BCUT2D eigenvalue weighted by Gasteiger charge is -2.28. The van der Waals surface area contributed by atoms with Crippen molar-refractivity contribution in [1.82, 2.24) is 0 Å². The number of halogens is 1. The fourth-order valence-corrected chi connectivity index (χ4v) is 2.40. The Labute approximate surface area is 99.4 Å². The van der Waals surface area contributed by atoms with E-state index in [0.717, 1.165) is 29.8 Å². The summed E-state index contributed by atoms with van der Waals surface area (Å²) in [6.07, 6.45) is 1.08. The van der Waals surface area contributed by atoms with Gasteiger partial charge < -0.3 is 9.64 Å². The molecule has 1 heterocycles. The Bertz CT molecular complexity index is 351. The first-order valence-corrected chi connectivity index (χ1v) is 6.17. The molecule has 1 aliphatic heterocycles. The Balaban J connectivity index is 2.45. The van der Waals surface area contributed by atoms with Gasteiger partial charge in [0.2, 0.25) is 0 Å². The molecule has 0 saturated heterocycles. The third-order valence-electron chi connectivity index (χ3n) is 2.67. The van der Waals surface area contributed by atoms with Crippen LogP contribution in [-0.2, 0) is 0 Å². The normalized spacial score (nSPS) is 15.9. The standard InChI is InChI=1S/C12H16BrNO/c1-9(2)14-7-4-8-15-12-10(13)5-3-6-11(12)14/h3,5-6,9H,4,7-8H2,1-2H3. The highest BCUT2D eigenvalue weighted by atomic mass is 79.9. The van der Waals surface area contributed by atoms with Gasteiger partial charge in [-0.15, -0.1) is 0 Å². The Hall–Kier alpha value is -0.700. The second-order valence-electron chi connectivity index (χ2n) is 4.08. The van der Waals surface area contributed by atoms with Gasteiger partial charge >= 0.3 is 0 Å². The molecule has 0 radical (unpaired) electrons. The summed E-state index contributed by atoms with van der Waals surface area (Å²) < 4.78 is 6.82. The number of hydrogen-bond acceptors (Lipinski definition) is 2. The Morgan fingerprint density at radius 3 is 2.93 bits per heavy atom. The molecule has 0 N–H and O–H groups in total. The molecule has 0 fully saturated rings. The molecule has 2 nitrogen and oxygen atoms in total. The molecule has 82 valence electrons. The van der Waals surface area contributed by atoms with Crippen LogP contribution in [0.1, 0.15) is 20.3 Å². The number of hydrogen-bond donors (Lipinski definition) is 0. The predicted octanol–water partition coefficient (Wildman–Crippen LogP) is 3.45. The summed E-state index contributed by atoms with van der Waals surface area (Å²) in [5, 5.41) is 0. The highest BCUT2D eigenvalue weighted by Gasteiger charge is 2.19. The van der Waals surface area contributed by atoms with Crippen LogP contribution in [0.2, 0.25) is 0 Å². The molecule has 0 unspecified atom stereocenters. The highest BCUT2D eigenvalue weighted by Crippen LogP contribution is 2.38. The molecule has 1 aromatic rings. The molecule has 0 saturated carbocycles. The largest absolute Gasteiger partial charge is 0.490 e. The zero-order valence-corrected chi connectivity index (χ0v) is 10.8. The van der Waals surface area contributed by atoms with E-state index >= 15 is 0 Å². The molecule has 0 amide bonds. The van der Waals surface area contributed by atoms with Gasteiger partial charge in [0.05, 0.1) is 16.8 Å². The Morgan fingerprint density at radius 1 is 1.40 bits per heavy atom. The maximum absolute atomic E-state index is 5.77. The maximum Gasteiger partial charge on any atom is 0.156 e. The van der Waals surface area contributed by atoms with Crippen molar-refractivity contribution < 1.29 is 4.74 Å². The second-order valence-corrected chi connectivity index (χ2v) is 4.93. The lowest BCUT2D eigenvalue weighted by molar-refractivity contribution is 0.320. The van der Waals surface area contributed by atoms with Gasteiger partial charge in [-0.05, 0) is 48.3 Å². The minimum absolute atomic E-state index is 0.514. The molecule has 0 atom stereocenters. The minimum Gasteiger partial charge on any atom is -0.490 e. The zero-order chi connectivity index (χ0) is 10.8. The van der Waals surface area contributed by atoms with Crippen molar-refractivity contribution in [2.75, 3.05) is 18.1 Å². The fraction of sp³-hybridized carbons (Fsp3) is 0.500. The Kier molecular flexibility index (Phi) is 3.19. The smallest absolute Gasteiger partial charge is 0.156 e. The quantitative estimate of drug-likeness (QED) is 0.775. The number of anilines is 1. The summed E-state index contributed by atoms with van der Waals surface area (Å²) >= 11 is 3.54. The van der Waals surface area contributed by atoms with E-state index in [1.165, 1.54) is 5.69 Å². The van der Waals surface area contributed by atoms with Gasteiger partial charge in [0.1, 0.15) is 0 Å². The van der Waals surface area contributed by atoms with Gasteiger partial charge in [-0.25, -0.2) is 0 Å². The van der Waals surface area contributed by atoms with Crippen LogP contribution in [0.4, 0.5) is 5.69 Å². The number of rotatable bonds is 1. The maximum atomic E-state index is 5.77. The van der Waals surface area contributed by atoms with E-state index in [4.69, 9.17) is 4.74 Å². The molecule has 0 bridgehead atoms.